The van der Waals surface area contributed by atoms with Crippen LogP contribution in [-0.4, -0.2) is 73.1 Å². The lowest BCUT2D eigenvalue weighted by molar-refractivity contribution is -0.136. The van der Waals surface area contributed by atoms with Gasteiger partial charge in [-0.05, 0) is 70.7 Å². The van der Waals surface area contributed by atoms with Crippen molar-refractivity contribution < 1.29 is 24.0 Å². The molecule has 1 atom stereocenters. The van der Waals surface area contributed by atoms with E-state index in [1.807, 2.05) is 45.0 Å². The van der Waals surface area contributed by atoms with Crippen LogP contribution in [0.1, 0.15) is 102 Å². The zero-order valence-corrected chi connectivity index (χ0v) is 30.5. The summed E-state index contributed by atoms with van der Waals surface area (Å²) in [6.45, 7) is 7.38. The first-order chi connectivity index (χ1) is 25.5. The van der Waals surface area contributed by atoms with Crippen molar-refractivity contribution in [1.82, 2.24) is 35.1 Å². The van der Waals surface area contributed by atoms with Gasteiger partial charge in [0.25, 0.3) is 17.4 Å². The van der Waals surface area contributed by atoms with Gasteiger partial charge in [-0.15, -0.1) is 0 Å². The highest BCUT2D eigenvalue weighted by atomic mass is 16.2. The van der Waals surface area contributed by atoms with E-state index in [0.717, 1.165) is 71.4 Å². The molecule has 14 heteroatoms. The fourth-order valence-electron chi connectivity index (χ4n) is 7.12. The maximum Gasteiger partial charge on any atom is 0.295 e. The molecule has 5 amide bonds. The van der Waals surface area contributed by atoms with Gasteiger partial charge in [-0.1, -0.05) is 49.4 Å². The summed E-state index contributed by atoms with van der Waals surface area (Å²) in [5.41, 5.74) is 4.82. The number of anilines is 1. The monoisotopic (exact) mass is 722 g/mol. The number of benzene rings is 2. The first-order valence-electron chi connectivity index (χ1n) is 18.4. The van der Waals surface area contributed by atoms with Gasteiger partial charge in [-0.3, -0.25) is 39.0 Å². The second kappa shape index (κ2) is 16.3. The maximum atomic E-state index is 13.2. The molecule has 2 aromatic heterocycles. The summed E-state index contributed by atoms with van der Waals surface area (Å²) < 4.78 is 3.19. The molecule has 2 aliphatic rings. The number of nitrogens with one attached hydrogen (secondary N) is 3. The molecular weight excluding hydrogens is 676 g/mol. The number of amides is 5. The van der Waals surface area contributed by atoms with Gasteiger partial charge in [0.2, 0.25) is 17.7 Å². The average molecular weight is 723 g/mol. The lowest BCUT2D eigenvalue weighted by atomic mass is 10.0. The van der Waals surface area contributed by atoms with Crippen LogP contribution in [0, 0.1) is 20.8 Å². The molecule has 0 radical (unpaired) electrons. The van der Waals surface area contributed by atoms with Crippen molar-refractivity contribution in [2.45, 2.75) is 97.6 Å². The number of hydrogen-bond acceptors (Lipinski definition) is 9. The number of piperidine rings is 1. The van der Waals surface area contributed by atoms with Crippen LogP contribution in [0.25, 0.3) is 16.6 Å². The van der Waals surface area contributed by atoms with Gasteiger partial charge in [-0.2, -0.15) is 10.2 Å². The molecule has 2 aromatic carbocycles. The van der Waals surface area contributed by atoms with Gasteiger partial charge in [0.15, 0.2) is 5.52 Å². The molecule has 6 rings (SSSR count). The fourth-order valence-corrected chi connectivity index (χ4v) is 7.12. The molecule has 0 saturated carbocycles. The Hall–Kier alpha value is -5.66. The topological polar surface area (TPSA) is 177 Å². The first-order valence-corrected chi connectivity index (χ1v) is 18.4. The fraction of sp³-hybridized carbons (Fsp3) is 0.436. The summed E-state index contributed by atoms with van der Waals surface area (Å²) in [4.78, 5) is 76.9. The van der Waals surface area contributed by atoms with Gasteiger partial charge >= 0.3 is 0 Å². The van der Waals surface area contributed by atoms with Crippen LogP contribution in [0.3, 0.4) is 0 Å². The maximum absolute atomic E-state index is 13.2. The molecule has 0 aliphatic carbocycles. The molecule has 14 nitrogen and oxygen atoms in total. The summed E-state index contributed by atoms with van der Waals surface area (Å²) in [6, 6.07) is 12.0. The molecule has 0 bridgehead atoms. The molecule has 1 fully saturated rings. The molecular formula is C39H46N8O6. The van der Waals surface area contributed by atoms with E-state index >= 15 is 0 Å². The molecule has 4 aromatic rings. The number of rotatable bonds is 16. The quantitative estimate of drug-likeness (QED) is 0.113. The van der Waals surface area contributed by atoms with Gasteiger partial charge in [0.05, 0.1) is 33.6 Å². The Bertz CT molecular complexity index is 2120. The van der Waals surface area contributed by atoms with E-state index in [0.29, 0.717) is 43.7 Å². The Balaban J connectivity index is 0.859. The predicted octanol–water partition coefficient (Wildman–Crippen LogP) is 4.26. The number of aromatic nitrogens is 4. The van der Waals surface area contributed by atoms with Crippen molar-refractivity contribution in [2.24, 2.45) is 0 Å². The van der Waals surface area contributed by atoms with Crippen molar-refractivity contribution in [3.63, 3.8) is 0 Å². The molecule has 2 aliphatic heterocycles. The van der Waals surface area contributed by atoms with Gasteiger partial charge in [0, 0.05) is 38.2 Å². The van der Waals surface area contributed by atoms with E-state index in [4.69, 9.17) is 0 Å². The smallest absolute Gasteiger partial charge is 0.295 e. The summed E-state index contributed by atoms with van der Waals surface area (Å²) in [5, 5.41) is 18.4. The van der Waals surface area contributed by atoms with Crippen molar-refractivity contribution in [2.75, 3.05) is 18.4 Å². The van der Waals surface area contributed by atoms with E-state index in [-0.39, 0.29) is 35.4 Å². The van der Waals surface area contributed by atoms with Crippen molar-refractivity contribution in [1.29, 1.82) is 0 Å². The van der Waals surface area contributed by atoms with E-state index in [1.54, 1.807) is 22.9 Å². The van der Waals surface area contributed by atoms with Crippen molar-refractivity contribution in [3.8, 4) is 5.69 Å². The number of imide groups is 2. The van der Waals surface area contributed by atoms with Crippen LogP contribution in [0.5, 0.6) is 0 Å². The van der Waals surface area contributed by atoms with Crippen LogP contribution < -0.4 is 21.5 Å². The zero-order valence-electron chi connectivity index (χ0n) is 30.5. The highest BCUT2D eigenvalue weighted by Gasteiger charge is 2.45. The lowest BCUT2D eigenvalue weighted by Crippen LogP contribution is -2.54. The summed E-state index contributed by atoms with van der Waals surface area (Å²) in [6.07, 6.45) is 6.75. The highest BCUT2D eigenvalue weighted by molar-refractivity contribution is 6.25. The van der Waals surface area contributed by atoms with Crippen LogP contribution in [-0.2, 0) is 20.9 Å². The van der Waals surface area contributed by atoms with E-state index in [2.05, 4.69) is 26.1 Å². The molecule has 278 valence electrons. The van der Waals surface area contributed by atoms with Gasteiger partial charge in [0.1, 0.15) is 6.04 Å². The number of carbonyl (C=O) groups is 5. The number of hydrogen-bond donors (Lipinski definition) is 3. The van der Waals surface area contributed by atoms with E-state index in [1.165, 1.54) is 4.68 Å². The predicted molar refractivity (Wildman–Crippen MR) is 199 cm³/mol. The minimum atomic E-state index is -0.992. The number of unbranched alkanes of at least 4 members (excludes halogenated alkanes) is 5. The highest BCUT2D eigenvalue weighted by Crippen LogP contribution is 2.32. The van der Waals surface area contributed by atoms with E-state index < -0.39 is 29.7 Å². The minimum absolute atomic E-state index is 0.0470. The third-order valence-corrected chi connectivity index (χ3v) is 9.95. The lowest BCUT2D eigenvalue weighted by Gasteiger charge is -2.27. The summed E-state index contributed by atoms with van der Waals surface area (Å²) in [7, 11) is 0. The van der Waals surface area contributed by atoms with Crippen molar-refractivity contribution in [3.05, 3.63) is 80.9 Å². The molecule has 0 spiro atoms. The number of aryl methyl sites for hydroxylation is 4. The summed E-state index contributed by atoms with van der Waals surface area (Å²) >= 11 is 0. The van der Waals surface area contributed by atoms with Crippen LogP contribution in [0.15, 0.2) is 47.3 Å². The van der Waals surface area contributed by atoms with E-state index in [9.17, 15) is 28.8 Å². The van der Waals surface area contributed by atoms with Gasteiger partial charge < -0.3 is 10.6 Å². The standard InChI is InChI=1S/C39H46N8O6/c1-24-15-17-27(18-16-24)47-26(3)33-25(2)43-45(39(53)35(33)44-47)23-11-14-31(48)41-22-9-7-5-4-6-8-21-40-29-13-10-12-28-34(29)38(52)46(37(28)51)30-19-20-32(49)42-36(30)50/h10,12-13,15-18,30,40H,4-9,11,14,19-23H2,1-3H3,(H,41,48)(H,42,49,50). The second-order valence-electron chi connectivity index (χ2n) is 13.8. The van der Waals surface area contributed by atoms with Gasteiger partial charge in [-0.25, -0.2) is 9.36 Å². The third-order valence-electron chi connectivity index (χ3n) is 9.95. The average Bonchev–Trinajstić information content (AvgIpc) is 3.61. The Morgan fingerprint density at radius 1 is 0.849 bits per heavy atom. The Labute approximate surface area is 307 Å². The molecule has 1 saturated heterocycles. The molecule has 1 unspecified atom stereocenters. The Kier molecular flexibility index (Phi) is 11.4. The molecule has 4 heterocycles. The molecule has 53 heavy (non-hydrogen) atoms. The number of fused-ring (bicyclic) bond motifs is 2. The second-order valence-corrected chi connectivity index (χ2v) is 13.8. The third kappa shape index (κ3) is 8.06. The van der Waals surface area contributed by atoms with Crippen molar-refractivity contribution >= 4 is 46.1 Å². The normalized spacial score (nSPS) is 15.6. The van der Waals surface area contributed by atoms with Crippen LogP contribution in [0.4, 0.5) is 5.69 Å². The van der Waals surface area contributed by atoms with Crippen LogP contribution in [0.2, 0.25) is 0 Å². The summed E-state index contributed by atoms with van der Waals surface area (Å²) in [5.74, 6) is -2.12. The number of carbonyl (C=O) groups excluding carboxylic acids is 5. The van der Waals surface area contributed by atoms with Crippen LogP contribution >= 0.6 is 0 Å². The Morgan fingerprint density at radius 2 is 1.57 bits per heavy atom. The minimum Gasteiger partial charge on any atom is -0.384 e. The largest absolute Gasteiger partial charge is 0.384 e. The Morgan fingerprint density at radius 3 is 2.30 bits per heavy atom. The molecule has 3 N–H and O–H groups in total. The SMILES string of the molecule is Cc1ccc(-n2nc3c(=O)n(CCCC(=O)NCCCCCCCCNc4cccc5c4C(=O)N(C4CCC(=O)NC4=O)C5=O)nc(C)c3c2C)cc1. The first kappa shape index (κ1) is 37.1. The number of nitrogens with zero attached hydrogens (tertiary/aromatic N) is 5. The zero-order chi connectivity index (χ0) is 37.6.